The monoisotopic (exact) mass is 268 g/mol. The summed E-state index contributed by atoms with van der Waals surface area (Å²) in [5.41, 5.74) is 1.05. The van der Waals surface area contributed by atoms with Crippen LogP contribution in [0.15, 0.2) is 30.5 Å². The predicted octanol–water partition coefficient (Wildman–Crippen LogP) is 1.65. The Morgan fingerprint density at radius 3 is 2.83 bits per heavy atom. The Labute approximate surface area is 106 Å². The van der Waals surface area contributed by atoms with Gasteiger partial charge in [0.25, 0.3) is 10.1 Å². The van der Waals surface area contributed by atoms with Crippen LogP contribution in [0, 0.1) is 5.92 Å². The van der Waals surface area contributed by atoms with Gasteiger partial charge >= 0.3 is 0 Å². The van der Waals surface area contributed by atoms with Gasteiger partial charge in [-0.25, -0.2) is 0 Å². The Bertz CT molecular complexity index is 634. The fourth-order valence-electron chi connectivity index (χ4n) is 1.76. The van der Waals surface area contributed by atoms with Gasteiger partial charge in [-0.3, -0.25) is 8.86 Å². The third-order valence-corrected chi connectivity index (χ3v) is 3.17. The number of fused-ring (bicyclic) bond motifs is 1. The van der Waals surface area contributed by atoms with Gasteiger partial charge in [-0.15, -0.1) is 0 Å². The van der Waals surface area contributed by atoms with E-state index in [0.717, 1.165) is 17.2 Å². The molecule has 2 rings (SSSR count). The number of hydrogen-bond acceptors (Lipinski definition) is 4. The molecule has 0 N–H and O–H groups in total. The van der Waals surface area contributed by atoms with Crippen LogP contribution >= 0.6 is 0 Å². The van der Waals surface area contributed by atoms with Crippen LogP contribution < -0.4 is 0 Å². The third-order valence-electron chi connectivity index (χ3n) is 2.60. The highest BCUT2D eigenvalue weighted by Crippen LogP contribution is 2.14. The lowest BCUT2D eigenvalue weighted by Gasteiger charge is -2.11. The summed E-state index contributed by atoms with van der Waals surface area (Å²) in [4.78, 5) is 0. The van der Waals surface area contributed by atoms with E-state index in [0.29, 0.717) is 6.54 Å². The third kappa shape index (κ3) is 3.30. The summed E-state index contributed by atoms with van der Waals surface area (Å²) in [5, 5.41) is 5.37. The van der Waals surface area contributed by atoms with Crippen LogP contribution in [-0.4, -0.2) is 31.1 Å². The van der Waals surface area contributed by atoms with Gasteiger partial charge in [-0.2, -0.15) is 13.5 Å². The second kappa shape index (κ2) is 5.07. The van der Waals surface area contributed by atoms with Crippen molar-refractivity contribution in [1.29, 1.82) is 0 Å². The Morgan fingerprint density at radius 1 is 1.39 bits per heavy atom. The van der Waals surface area contributed by atoms with Crippen molar-refractivity contribution in [2.75, 3.05) is 12.9 Å². The first-order chi connectivity index (χ1) is 8.46. The van der Waals surface area contributed by atoms with E-state index in [2.05, 4.69) is 5.10 Å². The molecule has 5 nitrogen and oxygen atoms in total. The van der Waals surface area contributed by atoms with Crippen molar-refractivity contribution >= 4 is 21.0 Å². The minimum absolute atomic E-state index is 0.0723. The Balaban J connectivity index is 2.05. The summed E-state index contributed by atoms with van der Waals surface area (Å²) in [6.07, 6.45) is 2.86. The van der Waals surface area contributed by atoms with E-state index in [-0.39, 0.29) is 12.5 Å². The van der Waals surface area contributed by atoms with E-state index in [4.69, 9.17) is 4.18 Å². The average Bonchev–Trinajstić information content (AvgIpc) is 2.70. The molecule has 1 aromatic carbocycles. The Hall–Kier alpha value is -1.40. The highest BCUT2D eigenvalue weighted by molar-refractivity contribution is 7.85. The first-order valence-electron chi connectivity index (χ1n) is 5.70. The summed E-state index contributed by atoms with van der Waals surface area (Å²) in [7, 11) is -3.37. The lowest BCUT2D eigenvalue weighted by Crippen LogP contribution is -2.16. The lowest BCUT2D eigenvalue weighted by atomic mass is 10.2. The molecule has 1 aromatic heterocycles. The van der Waals surface area contributed by atoms with Crippen molar-refractivity contribution < 1.29 is 12.6 Å². The van der Waals surface area contributed by atoms with Gasteiger partial charge in [0.1, 0.15) is 0 Å². The largest absolute Gasteiger partial charge is 0.270 e. The number of hydrogen-bond donors (Lipinski definition) is 0. The molecule has 0 fully saturated rings. The number of para-hydroxylation sites is 1. The Morgan fingerprint density at radius 2 is 2.11 bits per heavy atom. The Kier molecular flexibility index (Phi) is 3.68. The van der Waals surface area contributed by atoms with Gasteiger partial charge in [-0.1, -0.05) is 25.1 Å². The maximum atomic E-state index is 10.9. The maximum absolute atomic E-state index is 10.9. The van der Waals surface area contributed by atoms with Crippen LogP contribution in [0.3, 0.4) is 0 Å². The van der Waals surface area contributed by atoms with Gasteiger partial charge in [0.15, 0.2) is 0 Å². The summed E-state index contributed by atoms with van der Waals surface area (Å²) < 4.78 is 28.5. The molecule has 1 atom stereocenters. The van der Waals surface area contributed by atoms with Crippen LogP contribution in [-0.2, 0) is 20.8 Å². The first-order valence-corrected chi connectivity index (χ1v) is 7.52. The summed E-state index contributed by atoms with van der Waals surface area (Å²) >= 11 is 0. The fraction of sp³-hybridized carbons (Fsp3) is 0.417. The molecule has 0 radical (unpaired) electrons. The van der Waals surface area contributed by atoms with E-state index in [9.17, 15) is 8.42 Å². The average molecular weight is 268 g/mol. The van der Waals surface area contributed by atoms with Crippen molar-refractivity contribution in [2.24, 2.45) is 5.92 Å². The van der Waals surface area contributed by atoms with Crippen molar-refractivity contribution in [3.05, 3.63) is 30.5 Å². The highest BCUT2D eigenvalue weighted by Gasteiger charge is 2.10. The topological polar surface area (TPSA) is 61.2 Å². The predicted molar refractivity (Wildman–Crippen MR) is 69.7 cm³/mol. The van der Waals surface area contributed by atoms with Crippen LogP contribution in [0.1, 0.15) is 6.92 Å². The van der Waals surface area contributed by atoms with Gasteiger partial charge in [0.2, 0.25) is 0 Å². The molecule has 98 valence electrons. The normalized spacial score (nSPS) is 13.9. The van der Waals surface area contributed by atoms with Crippen LogP contribution in [0.5, 0.6) is 0 Å². The summed E-state index contributed by atoms with van der Waals surface area (Å²) in [6, 6.07) is 7.91. The smallest absolute Gasteiger partial charge is 0.264 e. The molecule has 0 spiro atoms. The first kappa shape index (κ1) is 13.0. The van der Waals surface area contributed by atoms with E-state index >= 15 is 0 Å². The van der Waals surface area contributed by atoms with Gasteiger partial charge in [0, 0.05) is 17.8 Å². The number of rotatable bonds is 5. The molecule has 0 amide bonds. The molecule has 0 saturated carbocycles. The van der Waals surface area contributed by atoms with E-state index in [1.807, 2.05) is 35.9 Å². The molecular weight excluding hydrogens is 252 g/mol. The zero-order valence-corrected chi connectivity index (χ0v) is 11.2. The summed E-state index contributed by atoms with van der Waals surface area (Å²) in [5.74, 6) is 0.0723. The van der Waals surface area contributed by atoms with Crippen LogP contribution in [0.4, 0.5) is 0 Å². The molecule has 0 aliphatic heterocycles. The van der Waals surface area contributed by atoms with E-state index in [1.165, 1.54) is 0 Å². The molecule has 1 unspecified atom stereocenters. The number of benzene rings is 1. The van der Waals surface area contributed by atoms with E-state index < -0.39 is 10.1 Å². The second-order valence-electron chi connectivity index (χ2n) is 4.48. The highest BCUT2D eigenvalue weighted by atomic mass is 32.2. The molecule has 0 bridgehead atoms. The molecule has 0 saturated heterocycles. The van der Waals surface area contributed by atoms with Crippen molar-refractivity contribution in [2.45, 2.75) is 13.5 Å². The van der Waals surface area contributed by atoms with Crippen LogP contribution in [0.25, 0.3) is 10.9 Å². The molecule has 0 aliphatic carbocycles. The molecule has 2 aromatic rings. The standard InChI is InChI=1S/C12H16N2O3S/c1-10(9-17-18(2,15)16)8-14-12-6-4-3-5-11(12)7-13-14/h3-7,10H,8-9H2,1-2H3. The molecular formula is C12H16N2O3S. The zero-order valence-electron chi connectivity index (χ0n) is 10.4. The molecule has 1 heterocycles. The van der Waals surface area contributed by atoms with Gasteiger partial charge in [-0.05, 0) is 6.07 Å². The SMILES string of the molecule is CC(COS(C)(=O)=O)Cn1ncc2ccccc21. The van der Waals surface area contributed by atoms with Gasteiger partial charge in [0.05, 0.1) is 24.6 Å². The zero-order chi connectivity index (χ0) is 13.2. The fourth-order valence-corrected chi connectivity index (χ4v) is 2.24. The number of aromatic nitrogens is 2. The quantitative estimate of drug-likeness (QED) is 0.774. The molecule has 18 heavy (non-hydrogen) atoms. The van der Waals surface area contributed by atoms with Crippen LogP contribution in [0.2, 0.25) is 0 Å². The van der Waals surface area contributed by atoms with Crippen molar-refractivity contribution in [1.82, 2.24) is 9.78 Å². The van der Waals surface area contributed by atoms with E-state index in [1.54, 1.807) is 6.20 Å². The second-order valence-corrected chi connectivity index (χ2v) is 6.12. The maximum Gasteiger partial charge on any atom is 0.264 e. The van der Waals surface area contributed by atoms with Crippen molar-refractivity contribution in [3.8, 4) is 0 Å². The minimum Gasteiger partial charge on any atom is -0.270 e. The lowest BCUT2D eigenvalue weighted by molar-refractivity contribution is 0.248. The number of nitrogens with zero attached hydrogens (tertiary/aromatic N) is 2. The molecule has 6 heteroatoms. The minimum atomic E-state index is -3.37. The van der Waals surface area contributed by atoms with Gasteiger partial charge < -0.3 is 0 Å². The molecule has 0 aliphatic rings. The van der Waals surface area contributed by atoms with Crippen molar-refractivity contribution in [3.63, 3.8) is 0 Å². The summed E-state index contributed by atoms with van der Waals surface area (Å²) in [6.45, 7) is 2.73.